The molecule has 0 saturated heterocycles. The molecule has 7 nitrogen and oxygen atoms in total. The molecule has 1 aromatic rings. The van der Waals surface area contributed by atoms with Crippen molar-refractivity contribution in [3.05, 3.63) is 33.9 Å². The molecule has 1 atom stereocenters. The maximum Gasteiger partial charge on any atom is 0.307 e. The molecular formula is C12H15F2N3O4. The minimum absolute atomic E-state index is 0.296. The number of nitrogens with one attached hydrogen (secondary N) is 1. The van der Waals surface area contributed by atoms with Gasteiger partial charge in [0.2, 0.25) is 11.7 Å². The average Bonchev–Trinajstić information content (AvgIpc) is 2.41. The standard InChI is InChI=1S/C12H15F2N3O4/c1-21-4-2-3-9(15)12(18)16-10-6-11(17(19)20)8(14)5-7(10)13/h5-6,9H,2-4,15H2,1H3,(H,16,18). The Morgan fingerprint density at radius 3 is 2.71 bits per heavy atom. The summed E-state index contributed by atoms with van der Waals surface area (Å²) >= 11 is 0. The van der Waals surface area contributed by atoms with E-state index in [9.17, 15) is 23.7 Å². The van der Waals surface area contributed by atoms with E-state index in [2.05, 4.69) is 5.32 Å². The molecule has 0 heterocycles. The molecule has 1 rings (SSSR count). The Morgan fingerprint density at radius 1 is 1.48 bits per heavy atom. The topological polar surface area (TPSA) is 107 Å². The number of anilines is 1. The van der Waals surface area contributed by atoms with E-state index in [0.29, 0.717) is 31.6 Å². The lowest BCUT2D eigenvalue weighted by Gasteiger charge is -2.12. The lowest BCUT2D eigenvalue weighted by molar-refractivity contribution is -0.387. The Labute approximate surface area is 119 Å². The summed E-state index contributed by atoms with van der Waals surface area (Å²) in [5.74, 6) is -3.15. The Kier molecular flexibility index (Phi) is 6.12. The number of amides is 1. The summed E-state index contributed by atoms with van der Waals surface area (Å²) in [5.41, 5.74) is 4.16. The van der Waals surface area contributed by atoms with Crippen LogP contribution >= 0.6 is 0 Å². The lowest BCUT2D eigenvalue weighted by Crippen LogP contribution is -2.36. The van der Waals surface area contributed by atoms with Gasteiger partial charge in [-0.3, -0.25) is 14.9 Å². The quantitative estimate of drug-likeness (QED) is 0.451. The molecule has 1 amide bonds. The smallest absolute Gasteiger partial charge is 0.307 e. The number of nitrogens with zero attached hydrogens (tertiary/aromatic N) is 1. The van der Waals surface area contributed by atoms with Crippen LogP contribution in [0.15, 0.2) is 12.1 Å². The third-order valence-corrected chi connectivity index (χ3v) is 2.69. The van der Waals surface area contributed by atoms with E-state index in [4.69, 9.17) is 10.5 Å². The van der Waals surface area contributed by atoms with Gasteiger partial charge in [-0.05, 0) is 12.8 Å². The number of halogens is 2. The fraction of sp³-hybridized carbons (Fsp3) is 0.417. The highest BCUT2D eigenvalue weighted by Crippen LogP contribution is 2.25. The van der Waals surface area contributed by atoms with Crippen LogP contribution < -0.4 is 11.1 Å². The predicted molar refractivity (Wildman–Crippen MR) is 70.7 cm³/mol. The molecule has 0 fully saturated rings. The van der Waals surface area contributed by atoms with E-state index in [1.807, 2.05) is 0 Å². The second-order valence-corrected chi connectivity index (χ2v) is 4.27. The molecule has 0 spiro atoms. The van der Waals surface area contributed by atoms with Gasteiger partial charge in [0.1, 0.15) is 5.82 Å². The van der Waals surface area contributed by atoms with Gasteiger partial charge < -0.3 is 15.8 Å². The molecule has 0 aliphatic heterocycles. The normalized spacial score (nSPS) is 12.0. The summed E-state index contributed by atoms with van der Waals surface area (Å²) in [4.78, 5) is 21.3. The van der Waals surface area contributed by atoms with Gasteiger partial charge >= 0.3 is 5.69 Å². The number of nitro benzene ring substituents is 1. The van der Waals surface area contributed by atoms with E-state index < -0.39 is 39.9 Å². The summed E-state index contributed by atoms with van der Waals surface area (Å²) < 4.78 is 31.4. The van der Waals surface area contributed by atoms with E-state index in [0.717, 1.165) is 0 Å². The van der Waals surface area contributed by atoms with Crippen molar-refractivity contribution in [1.29, 1.82) is 0 Å². The van der Waals surface area contributed by atoms with Gasteiger partial charge in [-0.15, -0.1) is 0 Å². The van der Waals surface area contributed by atoms with Crippen molar-refractivity contribution in [3.63, 3.8) is 0 Å². The van der Waals surface area contributed by atoms with Gasteiger partial charge in [-0.2, -0.15) is 4.39 Å². The lowest BCUT2D eigenvalue weighted by atomic mass is 10.1. The molecule has 0 saturated carbocycles. The van der Waals surface area contributed by atoms with Gasteiger partial charge in [0.15, 0.2) is 0 Å². The predicted octanol–water partition coefficient (Wildman–Crippen LogP) is 1.57. The number of carbonyl (C=O) groups excluding carboxylic acids is 1. The summed E-state index contributed by atoms with van der Waals surface area (Å²) in [6.07, 6.45) is 0.821. The summed E-state index contributed by atoms with van der Waals surface area (Å²) in [5, 5.41) is 12.7. The molecule has 0 bridgehead atoms. The fourth-order valence-electron chi connectivity index (χ4n) is 1.58. The van der Waals surface area contributed by atoms with Crippen LogP contribution in [0.1, 0.15) is 12.8 Å². The second kappa shape index (κ2) is 7.60. The Morgan fingerprint density at radius 2 is 2.14 bits per heavy atom. The van der Waals surface area contributed by atoms with Crippen LogP contribution in [0.25, 0.3) is 0 Å². The van der Waals surface area contributed by atoms with Crippen LogP contribution in [-0.4, -0.2) is 30.6 Å². The van der Waals surface area contributed by atoms with Crippen LogP contribution in [0.3, 0.4) is 0 Å². The number of rotatable bonds is 7. The van der Waals surface area contributed by atoms with Gasteiger partial charge in [-0.1, -0.05) is 0 Å². The molecule has 1 unspecified atom stereocenters. The maximum absolute atomic E-state index is 13.5. The number of ether oxygens (including phenoxy) is 1. The van der Waals surface area contributed by atoms with Gasteiger partial charge in [-0.25, -0.2) is 4.39 Å². The zero-order valence-corrected chi connectivity index (χ0v) is 11.3. The molecule has 9 heteroatoms. The molecule has 0 aliphatic rings. The Bertz CT molecular complexity index is 539. The van der Waals surface area contributed by atoms with E-state index in [1.165, 1.54) is 7.11 Å². The third kappa shape index (κ3) is 4.72. The highest BCUT2D eigenvalue weighted by atomic mass is 19.1. The molecule has 0 radical (unpaired) electrons. The number of carbonyl (C=O) groups is 1. The minimum atomic E-state index is -1.32. The molecule has 0 aliphatic carbocycles. The Hall–Kier alpha value is -2.13. The van der Waals surface area contributed by atoms with Gasteiger partial charge in [0, 0.05) is 25.8 Å². The minimum Gasteiger partial charge on any atom is -0.385 e. The number of nitro groups is 1. The van der Waals surface area contributed by atoms with Crippen LogP contribution in [0.2, 0.25) is 0 Å². The first-order chi connectivity index (χ1) is 9.86. The van der Waals surface area contributed by atoms with Crippen LogP contribution in [-0.2, 0) is 9.53 Å². The zero-order valence-electron chi connectivity index (χ0n) is 11.3. The zero-order chi connectivity index (χ0) is 16.0. The maximum atomic E-state index is 13.5. The first-order valence-corrected chi connectivity index (χ1v) is 6.05. The van der Waals surface area contributed by atoms with Crippen molar-refractivity contribution >= 4 is 17.3 Å². The van der Waals surface area contributed by atoms with Gasteiger partial charge in [0.05, 0.1) is 16.7 Å². The van der Waals surface area contributed by atoms with Crippen LogP contribution in [0, 0.1) is 21.7 Å². The summed E-state index contributed by atoms with van der Waals surface area (Å²) in [7, 11) is 1.50. The van der Waals surface area contributed by atoms with Crippen molar-refractivity contribution in [2.24, 2.45) is 5.73 Å². The molecule has 0 aromatic heterocycles. The van der Waals surface area contributed by atoms with Crippen LogP contribution in [0.5, 0.6) is 0 Å². The first-order valence-electron chi connectivity index (χ1n) is 6.05. The largest absolute Gasteiger partial charge is 0.385 e. The average molecular weight is 303 g/mol. The highest BCUT2D eigenvalue weighted by molar-refractivity contribution is 5.95. The first kappa shape index (κ1) is 16.9. The summed E-state index contributed by atoms with van der Waals surface area (Å²) in [6.45, 7) is 0.414. The number of hydrogen-bond acceptors (Lipinski definition) is 5. The van der Waals surface area contributed by atoms with Crippen molar-refractivity contribution < 1.29 is 23.2 Å². The Balaban J connectivity index is 2.80. The van der Waals surface area contributed by atoms with Crippen molar-refractivity contribution in [2.75, 3.05) is 19.0 Å². The number of nitrogens with two attached hydrogens (primary N) is 1. The number of benzene rings is 1. The summed E-state index contributed by atoms with van der Waals surface area (Å²) in [6, 6.07) is 0.0258. The van der Waals surface area contributed by atoms with Crippen molar-refractivity contribution in [2.45, 2.75) is 18.9 Å². The van der Waals surface area contributed by atoms with E-state index in [-0.39, 0.29) is 0 Å². The monoisotopic (exact) mass is 303 g/mol. The van der Waals surface area contributed by atoms with Crippen molar-refractivity contribution in [3.8, 4) is 0 Å². The van der Waals surface area contributed by atoms with E-state index in [1.54, 1.807) is 0 Å². The third-order valence-electron chi connectivity index (χ3n) is 2.69. The molecule has 3 N–H and O–H groups in total. The number of hydrogen-bond donors (Lipinski definition) is 2. The fourth-order valence-corrected chi connectivity index (χ4v) is 1.58. The van der Waals surface area contributed by atoms with Crippen LogP contribution in [0.4, 0.5) is 20.2 Å². The molecule has 21 heavy (non-hydrogen) atoms. The van der Waals surface area contributed by atoms with E-state index >= 15 is 0 Å². The number of methoxy groups -OCH3 is 1. The molecule has 116 valence electrons. The van der Waals surface area contributed by atoms with Gasteiger partial charge in [0.25, 0.3) is 0 Å². The molecular weight excluding hydrogens is 288 g/mol. The SMILES string of the molecule is COCCCC(N)C(=O)Nc1cc([N+](=O)[O-])c(F)cc1F. The second-order valence-electron chi connectivity index (χ2n) is 4.27. The highest BCUT2D eigenvalue weighted by Gasteiger charge is 2.21. The molecule has 1 aromatic carbocycles. The van der Waals surface area contributed by atoms with Crippen molar-refractivity contribution in [1.82, 2.24) is 0 Å².